The van der Waals surface area contributed by atoms with Gasteiger partial charge in [0.1, 0.15) is 0 Å². The van der Waals surface area contributed by atoms with Crippen molar-refractivity contribution < 1.29 is 27.3 Å². The number of nitrogens with zero attached hydrogens (tertiary/aromatic N) is 6. The van der Waals surface area contributed by atoms with E-state index in [1.165, 1.54) is 0 Å². The van der Waals surface area contributed by atoms with Crippen LogP contribution < -0.4 is 10.2 Å². The van der Waals surface area contributed by atoms with Gasteiger partial charge in [0.25, 0.3) is 0 Å². The molecule has 0 spiro atoms. The first kappa shape index (κ1) is 28.6. The van der Waals surface area contributed by atoms with Crippen LogP contribution in [0.2, 0.25) is 0 Å². The van der Waals surface area contributed by atoms with Crippen LogP contribution in [-0.4, -0.2) is 25.4 Å². The van der Waals surface area contributed by atoms with Crippen molar-refractivity contribution in [2.45, 2.75) is 50.9 Å². The van der Waals surface area contributed by atoms with Gasteiger partial charge in [0.15, 0.2) is 0 Å². The van der Waals surface area contributed by atoms with Gasteiger partial charge in [-0.3, -0.25) is 0 Å². The molecule has 0 bridgehead atoms. The molecule has 0 amide bonds. The molecule has 0 aromatic heterocycles. The van der Waals surface area contributed by atoms with Gasteiger partial charge in [-0.15, -0.1) is 13.1 Å². The fraction of sp³-hybridized carbons (Fsp3) is 0.333. The first-order chi connectivity index (χ1) is 18.7. The van der Waals surface area contributed by atoms with E-state index < -0.39 is 0 Å². The van der Waals surface area contributed by atoms with E-state index in [1.807, 2.05) is 60.7 Å². The summed E-state index contributed by atoms with van der Waals surface area (Å²) in [7, 11) is 0. The minimum absolute atomic E-state index is 0. The summed E-state index contributed by atoms with van der Waals surface area (Å²) in [5.74, 6) is -0.170. The van der Waals surface area contributed by atoms with Crippen LogP contribution in [0, 0.1) is 0 Å². The fourth-order valence-electron chi connectivity index (χ4n) is 4.65. The summed E-state index contributed by atoms with van der Waals surface area (Å²) in [6, 6.07) is 22.2. The van der Waals surface area contributed by atoms with Gasteiger partial charge in [-0.05, 0) is 35.9 Å². The first-order valence-electron chi connectivity index (χ1n) is 13.2. The predicted octanol–water partition coefficient (Wildman–Crippen LogP) is 7.76. The largest absolute Gasteiger partial charge is 2.00 e. The van der Waals surface area contributed by atoms with Crippen molar-refractivity contribution >= 4 is 32.9 Å². The number of hydrogen-bond donors (Lipinski definition) is 0. The molecule has 0 aliphatic carbocycles. The van der Waals surface area contributed by atoms with E-state index in [0.717, 1.165) is 73.2 Å². The molecule has 2 aliphatic rings. The standard InChI is InChI=1S/2C15H16N3O.Cu/c2*19-13-9-8-11-5-1-2-6-12(11)15(13)18-17-14-7-3-4-10-16-14;/h2*1-2,5-6,8-9,14,19H,3-4,7,10H2;/q2*-1;+2/p-2. The molecule has 2 saturated heterocycles. The molecule has 1 radical (unpaired) electrons. The first-order valence-corrected chi connectivity index (χ1v) is 13.2. The maximum absolute atomic E-state index is 11.9. The summed E-state index contributed by atoms with van der Waals surface area (Å²) < 4.78 is 0. The maximum atomic E-state index is 11.9. The fourth-order valence-corrected chi connectivity index (χ4v) is 4.65. The molecule has 2 unspecified atom stereocenters. The van der Waals surface area contributed by atoms with E-state index in [1.54, 1.807) is 12.1 Å². The van der Waals surface area contributed by atoms with Crippen LogP contribution in [0.4, 0.5) is 11.4 Å². The Labute approximate surface area is 239 Å². The van der Waals surface area contributed by atoms with Gasteiger partial charge in [-0.2, -0.15) is 10.2 Å². The Balaban J connectivity index is 0.000000176. The van der Waals surface area contributed by atoms with Gasteiger partial charge in [-0.1, -0.05) is 110 Å². The second-order valence-corrected chi connectivity index (χ2v) is 9.46. The Morgan fingerprint density at radius 1 is 0.564 bits per heavy atom. The zero-order valence-electron chi connectivity index (χ0n) is 21.5. The Bertz CT molecular complexity index is 1320. The molecule has 0 N–H and O–H groups in total. The number of azo groups is 2. The molecule has 4 aromatic carbocycles. The maximum Gasteiger partial charge on any atom is 2.00 e. The molecule has 2 fully saturated rings. The van der Waals surface area contributed by atoms with E-state index in [4.69, 9.17) is 0 Å². The Hall–Kier alpha value is -3.36. The van der Waals surface area contributed by atoms with E-state index in [-0.39, 0.29) is 40.9 Å². The zero-order valence-corrected chi connectivity index (χ0v) is 22.5. The third kappa shape index (κ3) is 7.40. The minimum Gasteiger partial charge on any atom is -0.871 e. The Morgan fingerprint density at radius 3 is 1.41 bits per heavy atom. The monoisotopic (exact) mass is 569 g/mol. The number of rotatable bonds is 4. The van der Waals surface area contributed by atoms with Crippen LogP contribution in [0.1, 0.15) is 38.5 Å². The summed E-state index contributed by atoms with van der Waals surface area (Å²) in [6.45, 7) is 1.70. The molecule has 2 aliphatic heterocycles. The van der Waals surface area contributed by atoms with Crippen LogP contribution >= 0.6 is 0 Å². The second-order valence-electron chi connectivity index (χ2n) is 9.46. The molecule has 205 valence electrons. The number of hydrogen-bond acceptors (Lipinski definition) is 6. The smallest absolute Gasteiger partial charge is 0.871 e. The Kier molecular flexibility index (Phi) is 10.4. The second kappa shape index (κ2) is 14.1. The molecule has 9 heteroatoms. The summed E-state index contributed by atoms with van der Waals surface area (Å²) in [6.07, 6.45) is 6.24. The Morgan fingerprint density at radius 2 is 1.00 bits per heavy atom. The summed E-state index contributed by atoms with van der Waals surface area (Å²) in [5.41, 5.74) is 0.859. The van der Waals surface area contributed by atoms with Crippen molar-refractivity contribution in [2.75, 3.05) is 13.1 Å². The van der Waals surface area contributed by atoms with Crippen molar-refractivity contribution in [3.8, 4) is 11.5 Å². The zero-order chi connectivity index (χ0) is 26.2. The molecule has 2 heterocycles. The predicted molar refractivity (Wildman–Crippen MR) is 148 cm³/mol. The number of piperidine rings is 2. The molecule has 4 aromatic rings. The van der Waals surface area contributed by atoms with Crippen LogP contribution in [-0.2, 0) is 17.1 Å². The van der Waals surface area contributed by atoms with Crippen LogP contribution in [0.25, 0.3) is 32.2 Å². The van der Waals surface area contributed by atoms with Gasteiger partial charge < -0.3 is 20.8 Å². The molecule has 8 nitrogen and oxygen atoms in total. The molecule has 2 atom stereocenters. The van der Waals surface area contributed by atoms with E-state index in [2.05, 4.69) is 31.1 Å². The number of benzene rings is 4. The van der Waals surface area contributed by atoms with Crippen LogP contribution in [0.5, 0.6) is 11.5 Å². The summed E-state index contributed by atoms with van der Waals surface area (Å²) in [5, 5.41) is 53.2. The normalized spacial score (nSPS) is 19.6. The molecular formula is C30H30CuN6O2-2. The third-order valence-corrected chi connectivity index (χ3v) is 6.73. The van der Waals surface area contributed by atoms with Gasteiger partial charge in [-0.25, -0.2) is 10.2 Å². The average molecular weight is 570 g/mol. The van der Waals surface area contributed by atoms with E-state index in [9.17, 15) is 10.2 Å². The van der Waals surface area contributed by atoms with Crippen molar-refractivity contribution in [1.82, 2.24) is 0 Å². The molecule has 0 saturated carbocycles. The van der Waals surface area contributed by atoms with Gasteiger partial charge in [0.2, 0.25) is 0 Å². The van der Waals surface area contributed by atoms with Crippen molar-refractivity contribution in [3.63, 3.8) is 0 Å². The average Bonchev–Trinajstić information content (AvgIpc) is 2.97. The summed E-state index contributed by atoms with van der Waals surface area (Å²) in [4.78, 5) is 0. The minimum atomic E-state index is -0.0849. The topological polar surface area (TPSA) is 124 Å². The van der Waals surface area contributed by atoms with Gasteiger partial charge in [0, 0.05) is 10.8 Å². The van der Waals surface area contributed by atoms with Crippen LogP contribution in [0.3, 0.4) is 0 Å². The van der Waals surface area contributed by atoms with Gasteiger partial charge in [0.05, 0.1) is 11.4 Å². The molecule has 6 rings (SSSR count). The quantitative estimate of drug-likeness (QED) is 0.184. The van der Waals surface area contributed by atoms with E-state index in [0.29, 0.717) is 11.4 Å². The van der Waals surface area contributed by atoms with Crippen molar-refractivity contribution in [2.24, 2.45) is 20.5 Å². The SMILES string of the molecule is [Cu+2].[O-]c1ccc2ccccc2c1N=NC1CCCC[N-]1.[O-]c1ccc2ccccc2c1N=NC1CCCC[N-]1. The number of fused-ring (bicyclic) bond motifs is 2. The summed E-state index contributed by atoms with van der Waals surface area (Å²) >= 11 is 0. The van der Waals surface area contributed by atoms with Crippen LogP contribution in [0.15, 0.2) is 93.3 Å². The van der Waals surface area contributed by atoms with Crippen molar-refractivity contribution in [1.29, 1.82) is 0 Å². The molecule has 39 heavy (non-hydrogen) atoms. The van der Waals surface area contributed by atoms with Crippen molar-refractivity contribution in [3.05, 3.63) is 83.4 Å². The third-order valence-electron chi connectivity index (χ3n) is 6.73. The molecular weight excluding hydrogens is 540 g/mol. The van der Waals surface area contributed by atoms with Gasteiger partial charge >= 0.3 is 17.1 Å². The van der Waals surface area contributed by atoms with E-state index >= 15 is 0 Å².